The van der Waals surface area contributed by atoms with Gasteiger partial charge in [0.25, 0.3) is 0 Å². The van der Waals surface area contributed by atoms with Gasteiger partial charge in [-0.05, 0) is 6.08 Å². The zero-order chi connectivity index (χ0) is 7.11. The third-order valence-electron chi connectivity index (χ3n) is 0.646. The fraction of sp³-hybridized carbons (Fsp3) is 0. The summed E-state index contributed by atoms with van der Waals surface area (Å²) >= 11 is 0. The summed E-state index contributed by atoms with van der Waals surface area (Å²) in [5.41, 5.74) is 5.27. The Morgan fingerprint density at radius 3 is 2.44 bits per heavy atom. The van der Waals surface area contributed by atoms with Gasteiger partial charge in [-0.25, -0.2) is 0 Å². The van der Waals surface area contributed by atoms with Gasteiger partial charge in [-0.15, -0.1) is 0 Å². The Labute approximate surface area is 53.3 Å². The molecule has 0 fully saturated rings. The molecule has 44 valence electrons. The second kappa shape index (κ2) is 4.42. The van der Waals surface area contributed by atoms with Crippen LogP contribution in [-0.4, -0.2) is 0 Å². The maximum atomic E-state index is 8.19. The summed E-state index contributed by atoms with van der Waals surface area (Å²) in [6, 6.07) is 3.52. The Bertz CT molecular complexity index is 211. The zero-order valence-corrected chi connectivity index (χ0v) is 4.70. The molecule has 0 heterocycles. The van der Waals surface area contributed by atoms with Crippen LogP contribution in [0.5, 0.6) is 0 Å². The first kappa shape index (κ1) is 7.26. The molecule has 0 saturated heterocycles. The van der Waals surface area contributed by atoms with Crippen molar-refractivity contribution in [2.45, 2.75) is 0 Å². The second-order valence-corrected chi connectivity index (χ2v) is 1.20. The van der Waals surface area contributed by atoms with E-state index in [2.05, 4.69) is 0 Å². The first-order valence-electron chi connectivity index (χ1n) is 2.23. The number of hydrogen-bond donors (Lipinski definition) is 1. The monoisotopic (exact) mass is 119 g/mol. The van der Waals surface area contributed by atoms with Gasteiger partial charge in [-0.3, -0.25) is 0 Å². The molecule has 0 aromatic carbocycles. The Balaban J connectivity index is 4.10. The molecule has 2 N–H and O–H groups in total. The number of hydrogen-bond acceptors (Lipinski definition) is 3. The van der Waals surface area contributed by atoms with Crippen LogP contribution in [0.1, 0.15) is 0 Å². The van der Waals surface area contributed by atoms with Crippen LogP contribution in [0.25, 0.3) is 0 Å². The summed E-state index contributed by atoms with van der Waals surface area (Å²) in [6.45, 7) is 0. The molecule has 0 aliphatic carbocycles. The van der Waals surface area contributed by atoms with E-state index >= 15 is 0 Å². The maximum Gasteiger partial charge on any atom is 0.101 e. The van der Waals surface area contributed by atoms with Crippen molar-refractivity contribution in [3.05, 3.63) is 23.9 Å². The van der Waals surface area contributed by atoms with Crippen LogP contribution in [0, 0.1) is 22.7 Å². The van der Waals surface area contributed by atoms with Gasteiger partial charge in [0, 0.05) is 12.3 Å². The lowest BCUT2D eigenvalue weighted by molar-refractivity contribution is 1.46. The molecular weight excluding hydrogens is 114 g/mol. The van der Waals surface area contributed by atoms with E-state index in [-0.39, 0.29) is 5.57 Å². The predicted octanol–water partition coefficient (Wildman–Crippen LogP) is 0.432. The van der Waals surface area contributed by atoms with E-state index in [4.69, 9.17) is 16.3 Å². The number of rotatable bonds is 1. The predicted molar refractivity (Wildman–Crippen MR) is 32.6 cm³/mol. The van der Waals surface area contributed by atoms with Gasteiger partial charge in [0.15, 0.2) is 0 Å². The van der Waals surface area contributed by atoms with Gasteiger partial charge in [0.1, 0.15) is 6.07 Å². The molecule has 3 heteroatoms. The molecule has 0 atom stereocenters. The smallest absolute Gasteiger partial charge is 0.101 e. The number of nitriles is 2. The molecule has 0 unspecified atom stereocenters. The molecule has 3 nitrogen and oxygen atoms in total. The normalized spacial score (nSPS) is 10.7. The number of nitrogens with zero attached hydrogens (tertiary/aromatic N) is 2. The molecular formula is C6H5N3. The first-order chi connectivity index (χ1) is 4.35. The molecule has 9 heavy (non-hydrogen) atoms. The fourth-order valence-electron chi connectivity index (χ4n) is 0.257. The largest absolute Gasteiger partial charge is 0.404 e. The standard InChI is InChI=1S/C6H5N3/c7-3-1-2-6(4-8)5-9/h1-2,4H,8H2/b2-1+,6-4-. The lowest BCUT2D eigenvalue weighted by atomic mass is 10.3. The van der Waals surface area contributed by atoms with Crippen molar-refractivity contribution in [3.8, 4) is 12.1 Å². The molecule has 0 aromatic rings. The average molecular weight is 119 g/mol. The van der Waals surface area contributed by atoms with E-state index in [9.17, 15) is 0 Å². The van der Waals surface area contributed by atoms with E-state index in [1.54, 1.807) is 12.1 Å². The molecule has 0 aromatic heterocycles. The summed E-state index contributed by atoms with van der Waals surface area (Å²) in [5.74, 6) is 0. The molecule has 0 amide bonds. The van der Waals surface area contributed by atoms with Gasteiger partial charge < -0.3 is 5.73 Å². The van der Waals surface area contributed by atoms with Crippen LogP contribution in [0.2, 0.25) is 0 Å². The Hall–Kier alpha value is -1.74. The quantitative estimate of drug-likeness (QED) is 0.402. The minimum atomic E-state index is 0.288. The molecule has 0 spiro atoms. The van der Waals surface area contributed by atoms with E-state index in [0.717, 1.165) is 6.20 Å². The van der Waals surface area contributed by atoms with Crippen molar-refractivity contribution in [2.75, 3.05) is 0 Å². The van der Waals surface area contributed by atoms with Gasteiger partial charge in [-0.2, -0.15) is 10.5 Å². The van der Waals surface area contributed by atoms with Crippen LogP contribution in [0.3, 0.4) is 0 Å². The third-order valence-corrected chi connectivity index (χ3v) is 0.646. The minimum Gasteiger partial charge on any atom is -0.404 e. The zero-order valence-electron chi connectivity index (χ0n) is 4.70. The van der Waals surface area contributed by atoms with Crippen molar-refractivity contribution in [3.63, 3.8) is 0 Å². The SMILES string of the molecule is N#C/C=C/C(C#N)=C/N. The summed E-state index contributed by atoms with van der Waals surface area (Å²) in [5, 5.41) is 16.2. The maximum absolute atomic E-state index is 8.19. The van der Waals surface area contributed by atoms with Gasteiger partial charge in [0.05, 0.1) is 11.6 Å². The van der Waals surface area contributed by atoms with Crippen LogP contribution >= 0.6 is 0 Å². The van der Waals surface area contributed by atoms with E-state index in [1.807, 2.05) is 0 Å². The van der Waals surface area contributed by atoms with Crippen LogP contribution < -0.4 is 5.73 Å². The fourth-order valence-corrected chi connectivity index (χ4v) is 0.257. The molecule has 0 aliphatic heterocycles. The van der Waals surface area contributed by atoms with E-state index in [0.29, 0.717) is 0 Å². The van der Waals surface area contributed by atoms with Crippen molar-refractivity contribution < 1.29 is 0 Å². The summed E-state index contributed by atoms with van der Waals surface area (Å²) in [6.07, 6.45) is 3.69. The molecule has 0 radical (unpaired) electrons. The highest BCUT2D eigenvalue weighted by Crippen LogP contribution is 1.88. The Morgan fingerprint density at radius 2 is 2.11 bits per heavy atom. The highest BCUT2D eigenvalue weighted by molar-refractivity contribution is 5.33. The average Bonchev–Trinajstić information content (AvgIpc) is 1.91. The molecule has 0 aliphatic rings. The van der Waals surface area contributed by atoms with Crippen molar-refractivity contribution in [1.82, 2.24) is 0 Å². The van der Waals surface area contributed by atoms with Crippen LogP contribution in [-0.2, 0) is 0 Å². The van der Waals surface area contributed by atoms with E-state index < -0.39 is 0 Å². The first-order valence-corrected chi connectivity index (χ1v) is 2.23. The highest BCUT2D eigenvalue weighted by Gasteiger charge is 1.81. The summed E-state index contributed by atoms with van der Waals surface area (Å²) < 4.78 is 0. The number of nitrogens with two attached hydrogens (primary N) is 1. The highest BCUT2D eigenvalue weighted by atomic mass is 14.5. The second-order valence-electron chi connectivity index (χ2n) is 1.20. The summed E-state index contributed by atoms with van der Waals surface area (Å²) in [7, 11) is 0. The van der Waals surface area contributed by atoms with Crippen LogP contribution in [0.4, 0.5) is 0 Å². The van der Waals surface area contributed by atoms with Crippen LogP contribution in [0.15, 0.2) is 23.9 Å². The van der Waals surface area contributed by atoms with Crippen molar-refractivity contribution in [2.24, 2.45) is 5.73 Å². The summed E-state index contributed by atoms with van der Waals surface area (Å²) in [4.78, 5) is 0. The third kappa shape index (κ3) is 2.90. The Morgan fingerprint density at radius 1 is 1.44 bits per heavy atom. The van der Waals surface area contributed by atoms with Crippen molar-refractivity contribution >= 4 is 0 Å². The van der Waals surface area contributed by atoms with E-state index in [1.165, 1.54) is 12.2 Å². The lowest BCUT2D eigenvalue weighted by Crippen LogP contribution is -1.81. The van der Waals surface area contributed by atoms with Crippen molar-refractivity contribution in [1.29, 1.82) is 10.5 Å². The molecule has 0 rings (SSSR count). The topological polar surface area (TPSA) is 73.6 Å². The minimum absolute atomic E-state index is 0.288. The van der Waals surface area contributed by atoms with Gasteiger partial charge >= 0.3 is 0 Å². The van der Waals surface area contributed by atoms with Gasteiger partial charge in [-0.1, -0.05) is 0 Å². The Kier molecular flexibility index (Phi) is 3.57. The number of allylic oxidation sites excluding steroid dienone is 3. The molecule has 0 bridgehead atoms. The lowest BCUT2D eigenvalue weighted by Gasteiger charge is -1.77. The van der Waals surface area contributed by atoms with Gasteiger partial charge in [0.2, 0.25) is 0 Å². The molecule has 0 saturated carbocycles.